The molecule has 1 aromatic carbocycles. The Kier molecular flexibility index (Phi) is 5.56. The van der Waals surface area contributed by atoms with Gasteiger partial charge in [-0.15, -0.1) is 0 Å². The Hall–Kier alpha value is -2.33. The normalized spacial score (nSPS) is 18.1. The Labute approximate surface area is 157 Å². The van der Waals surface area contributed by atoms with Gasteiger partial charge in [0.1, 0.15) is 19.8 Å². The Morgan fingerprint density at radius 3 is 2.41 bits per heavy atom. The lowest BCUT2D eigenvalue weighted by molar-refractivity contribution is -0.138. The number of hydrogen-bond donors (Lipinski definition) is 1. The summed E-state index contributed by atoms with van der Waals surface area (Å²) in [4.78, 5) is 25.6. The van der Waals surface area contributed by atoms with E-state index in [1.54, 1.807) is 18.2 Å². The van der Waals surface area contributed by atoms with Gasteiger partial charge in [0.15, 0.2) is 11.5 Å². The molecule has 1 fully saturated rings. The maximum atomic E-state index is 13.0. The Balaban J connectivity index is 1.78. The molecule has 0 aromatic heterocycles. The summed E-state index contributed by atoms with van der Waals surface area (Å²) in [7, 11) is -3.30. The molecule has 1 amide bonds. The maximum Gasteiger partial charge on any atom is 0.323 e. The van der Waals surface area contributed by atoms with E-state index in [-0.39, 0.29) is 19.1 Å². The molecule has 2 aliphatic heterocycles. The zero-order valence-corrected chi connectivity index (χ0v) is 15.8. The average molecular weight is 398 g/mol. The van der Waals surface area contributed by atoms with E-state index in [0.717, 1.165) is 6.26 Å². The molecule has 0 unspecified atom stereocenters. The van der Waals surface area contributed by atoms with Crippen LogP contribution in [-0.4, -0.2) is 79.8 Å². The van der Waals surface area contributed by atoms with Crippen molar-refractivity contribution in [3.8, 4) is 11.5 Å². The average Bonchev–Trinajstić information content (AvgIpc) is 2.64. The van der Waals surface area contributed by atoms with Gasteiger partial charge in [0, 0.05) is 24.7 Å². The quantitative estimate of drug-likeness (QED) is 0.764. The highest BCUT2D eigenvalue weighted by Gasteiger charge is 2.32. The van der Waals surface area contributed by atoms with Crippen LogP contribution in [0.2, 0.25) is 0 Å². The van der Waals surface area contributed by atoms with Crippen LogP contribution in [0.4, 0.5) is 0 Å². The van der Waals surface area contributed by atoms with Gasteiger partial charge < -0.3 is 19.5 Å². The molecule has 0 saturated carbocycles. The topological polar surface area (TPSA) is 113 Å². The largest absolute Gasteiger partial charge is 0.486 e. The van der Waals surface area contributed by atoms with E-state index in [1.165, 1.54) is 9.21 Å². The molecular formula is C17H22N2O7S. The number of sulfonamides is 1. The monoisotopic (exact) mass is 398 g/mol. The molecule has 148 valence electrons. The van der Waals surface area contributed by atoms with Gasteiger partial charge in [-0.2, -0.15) is 0 Å². The van der Waals surface area contributed by atoms with Gasteiger partial charge in [-0.25, -0.2) is 12.7 Å². The predicted octanol–water partition coefficient (Wildman–Crippen LogP) is 0.409. The number of carboxylic acid groups (broad SMARTS) is 1. The molecule has 2 heterocycles. The lowest BCUT2D eigenvalue weighted by Gasteiger charge is -2.37. The SMILES string of the molecule is CS(=O)(=O)N1CCC(N(CC(=O)O)C(=O)c2ccc3c(c2)OCCO3)CC1. The van der Waals surface area contributed by atoms with Crippen molar-refractivity contribution in [1.82, 2.24) is 9.21 Å². The van der Waals surface area contributed by atoms with Crippen molar-refractivity contribution in [3.05, 3.63) is 23.8 Å². The van der Waals surface area contributed by atoms with Crippen molar-refractivity contribution < 1.29 is 32.6 Å². The molecule has 0 radical (unpaired) electrons. The summed E-state index contributed by atoms with van der Waals surface area (Å²) in [6.07, 6.45) is 1.91. The second kappa shape index (κ2) is 7.73. The minimum atomic E-state index is -3.30. The molecule has 0 spiro atoms. The van der Waals surface area contributed by atoms with Crippen molar-refractivity contribution in [2.75, 3.05) is 39.1 Å². The first-order valence-electron chi connectivity index (χ1n) is 8.63. The molecule has 1 N–H and O–H groups in total. The summed E-state index contributed by atoms with van der Waals surface area (Å²) in [6, 6.07) is 4.42. The standard InChI is InChI=1S/C17H22N2O7S/c1-27(23,24)18-6-4-13(5-7-18)19(11-16(20)21)17(22)12-2-3-14-15(10-12)26-9-8-25-14/h2-3,10,13H,4-9,11H2,1H3,(H,20,21). The second-order valence-corrected chi connectivity index (χ2v) is 8.56. The number of amides is 1. The molecular weight excluding hydrogens is 376 g/mol. The summed E-state index contributed by atoms with van der Waals surface area (Å²) in [5.74, 6) is -0.545. The van der Waals surface area contributed by atoms with Crippen molar-refractivity contribution in [3.63, 3.8) is 0 Å². The Morgan fingerprint density at radius 1 is 1.19 bits per heavy atom. The van der Waals surface area contributed by atoms with E-state index in [2.05, 4.69) is 0 Å². The van der Waals surface area contributed by atoms with Gasteiger partial charge in [-0.3, -0.25) is 9.59 Å². The van der Waals surface area contributed by atoms with Crippen LogP contribution in [0, 0.1) is 0 Å². The van der Waals surface area contributed by atoms with E-state index in [1.807, 2.05) is 0 Å². The van der Waals surface area contributed by atoms with Gasteiger partial charge in [0.2, 0.25) is 10.0 Å². The fraction of sp³-hybridized carbons (Fsp3) is 0.529. The number of fused-ring (bicyclic) bond motifs is 1. The molecule has 1 saturated heterocycles. The summed E-state index contributed by atoms with van der Waals surface area (Å²) >= 11 is 0. The van der Waals surface area contributed by atoms with E-state index in [9.17, 15) is 23.1 Å². The molecule has 3 rings (SSSR count). The highest BCUT2D eigenvalue weighted by Crippen LogP contribution is 2.31. The van der Waals surface area contributed by atoms with Crippen LogP contribution in [0.1, 0.15) is 23.2 Å². The molecule has 10 heteroatoms. The first-order chi connectivity index (χ1) is 12.8. The van der Waals surface area contributed by atoms with E-state index < -0.39 is 28.4 Å². The van der Waals surface area contributed by atoms with Crippen molar-refractivity contribution in [2.45, 2.75) is 18.9 Å². The number of piperidine rings is 1. The van der Waals surface area contributed by atoms with Crippen LogP contribution < -0.4 is 9.47 Å². The van der Waals surface area contributed by atoms with Crippen LogP contribution in [0.3, 0.4) is 0 Å². The van der Waals surface area contributed by atoms with Crippen molar-refractivity contribution >= 4 is 21.9 Å². The van der Waals surface area contributed by atoms with Crippen molar-refractivity contribution in [2.24, 2.45) is 0 Å². The molecule has 0 bridgehead atoms. The number of nitrogens with zero attached hydrogens (tertiary/aromatic N) is 2. The van der Waals surface area contributed by atoms with Gasteiger partial charge in [-0.05, 0) is 31.0 Å². The number of carboxylic acids is 1. The highest BCUT2D eigenvalue weighted by molar-refractivity contribution is 7.88. The van der Waals surface area contributed by atoms with Crippen LogP contribution in [-0.2, 0) is 14.8 Å². The fourth-order valence-electron chi connectivity index (χ4n) is 3.34. The maximum absolute atomic E-state index is 13.0. The number of benzene rings is 1. The second-order valence-electron chi connectivity index (χ2n) is 6.58. The summed E-state index contributed by atoms with van der Waals surface area (Å²) in [6.45, 7) is 0.886. The number of carbonyl (C=O) groups excluding carboxylic acids is 1. The van der Waals surface area contributed by atoms with E-state index in [0.29, 0.717) is 43.1 Å². The van der Waals surface area contributed by atoms with Gasteiger partial charge >= 0.3 is 5.97 Å². The van der Waals surface area contributed by atoms with Crippen LogP contribution in [0.15, 0.2) is 18.2 Å². The molecule has 9 nitrogen and oxygen atoms in total. The number of hydrogen-bond acceptors (Lipinski definition) is 6. The Bertz CT molecular complexity index is 832. The first-order valence-corrected chi connectivity index (χ1v) is 10.5. The fourth-order valence-corrected chi connectivity index (χ4v) is 4.21. The number of rotatable bonds is 5. The van der Waals surface area contributed by atoms with Crippen LogP contribution in [0.5, 0.6) is 11.5 Å². The van der Waals surface area contributed by atoms with Gasteiger partial charge in [0.05, 0.1) is 6.26 Å². The molecule has 0 aliphatic carbocycles. The Morgan fingerprint density at radius 2 is 1.81 bits per heavy atom. The lowest BCUT2D eigenvalue weighted by atomic mass is 10.0. The molecule has 27 heavy (non-hydrogen) atoms. The minimum absolute atomic E-state index is 0.258. The number of ether oxygens (including phenoxy) is 2. The molecule has 0 atom stereocenters. The third kappa shape index (κ3) is 4.51. The number of carbonyl (C=O) groups is 2. The summed E-state index contributed by atoms with van der Waals surface area (Å²) in [5.41, 5.74) is 0.311. The smallest absolute Gasteiger partial charge is 0.323 e. The first kappa shape index (κ1) is 19.4. The number of aliphatic carboxylic acids is 1. The van der Waals surface area contributed by atoms with Crippen LogP contribution >= 0.6 is 0 Å². The third-order valence-corrected chi connectivity index (χ3v) is 5.99. The van der Waals surface area contributed by atoms with Gasteiger partial charge in [0.25, 0.3) is 5.91 Å². The molecule has 2 aliphatic rings. The summed E-state index contributed by atoms with van der Waals surface area (Å²) in [5, 5.41) is 9.24. The highest BCUT2D eigenvalue weighted by atomic mass is 32.2. The summed E-state index contributed by atoms with van der Waals surface area (Å²) < 4.78 is 35.6. The zero-order valence-electron chi connectivity index (χ0n) is 15.0. The van der Waals surface area contributed by atoms with Crippen molar-refractivity contribution in [1.29, 1.82) is 0 Å². The molecule has 1 aromatic rings. The predicted molar refractivity (Wildman–Crippen MR) is 95.5 cm³/mol. The lowest BCUT2D eigenvalue weighted by Crippen LogP contribution is -2.50. The minimum Gasteiger partial charge on any atom is -0.486 e. The van der Waals surface area contributed by atoms with Gasteiger partial charge in [-0.1, -0.05) is 0 Å². The van der Waals surface area contributed by atoms with Crippen LogP contribution in [0.25, 0.3) is 0 Å². The zero-order chi connectivity index (χ0) is 19.6. The third-order valence-electron chi connectivity index (χ3n) is 4.69. The van der Waals surface area contributed by atoms with E-state index >= 15 is 0 Å². The van der Waals surface area contributed by atoms with E-state index in [4.69, 9.17) is 9.47 Å².